The molecule has 0 radical (unpaired) electrons. The summed E-state index contributed by atoms with van der Waals surface area (Å²) >= 11 is 0. The summed E-state index contributed by atoms with van der Waals surface area (Å²) in [5, 5.41) is 0. The third-order valence-electron chi connectivity index (χ3n) is 1.90. The quantitative estimate of drug-likeness (QED) is 0.748. The van der Waals surface area contributed by atoms with Gasteiger partial charge in [-0.1, -0.05) is 0 Å². The Morgan fingerprint density at radius 2 is 2.14 bits per heavy atom. The number of hydroxylamine groups is 1. The third kappa shape index (κ3) is 3.52. The highest BCUT2D eigenvalue weighted by Gasteiger charge is 2.10. The van der Waals surface area contributed by atoms with Gasteiger partial charge < -0.3 is 4.57 Å². The van der Waals surface area contributed by atoms with Gasteiger partial charge in [0.25, 0.3) is 0 Å². The lowest BCUT2D eigenvalue weighted by Crippen LogP contribution is -2.29. The summed E-state index contributed by atoms with van der Waals surface area (Å²) in [5.74, 6) is 0. The molecule has 3 nitrogen and oxygen atoms in total. The fourth-order valence-electron chi connectivity index (χ4n) is 1.24. The van der Waals surface area contributed by atoms with Gasteiger partial charge in [0.05, 0.1) is 12.1 Å². The van der Waals surface area contributed by atoms with Crippen LogP contribution in [0.1, 0.15) is 33.4 Å². The van der Waals surface area contributed by atoms with Crippen LogP contribution in [0.3, 0.4) is 0 Å². The number of nitrogens with zero attached hydrogens (tertiary/aromatic N) is 1. The molecular formula is C11H20N2O. The average Bonchev–Trinajstić information content (AvgIpc) is 2.49. The van der Waals surface area contributed by atoms with Crippen molar-refractivity contribution in [2.75, 3.05) is 0 Å². The van der Waals surface area contributed by atoms with Crippen molar-refractivity contribution in [1.29, 1.82) is 0 Å². The largest absolute Gasteiger partial charge is 0.350 e. The van der Waals surface area contributed by atoms with Gasteiger partial charge in [0.15, 0.2) is 0 Å². The lowest BCUT2D eigenvalue weighted by atomic mass is 10.2. The minimum atomic E-state index is -0.135. The molecular weight excluding hydrogens is 176 g/mol. The van der Waals surface area contributed by atoms with Crippen molar-refractivity contribution in [3.05, 3.63) is 24.0 Å². The number of aromatic nitrogens is 1. The van der Waals surface area contributed by atoms with Crippen molar-refractivity contribution in [2.24, 2.45) is 0 Å². The van der Waals surface area contributed by atoms with Crippen molar-refractivity contribution >= 4 is 0 Å². The van der Waals surface area contributed by atoms with E-state index < -0.39 is 0 Å². The molecule has 1 rings (SSSR count). The number of hydrogen-bond acceptors (Lipinski definition) is 2. The van der Waals surface area contributed by atoms with Gasteiger partial charge in [0.1, 0.15) is 0 Å². The fourth-order valence-corrected chi connectivity index (χ4v) is 1.24. The van der Waals surface area contributed by atoms with E-state index in [4.69, 9.17) is 4.84 Å². The number of aryl methyl sites for hydroxylation is 1. The van der Waals surface area contributed by atoms with E-state index in [-0.39, 0.29) is 5.60 Å². The standard InChI is InChI=1S/C11H20N2O/c1-5-13-8-6-7-10(13)9-12-14-11(2,3)4/h6-8,12H,5,9H2,1-4H3. The highest BCUT2D eigenvalue weighted by molar-refractivity contribution is 5.06. The Hall–Kier alpha value is -0.800. The van der Waals surface area contributed by atoms with Gasteiger partial charge in [-0.25, -0.2) is 0 Å². The Balaban J connectivity index is 2.38. The van der Waals surface area contributed by atoms with Crippen LogP contribution in [0.2, 0.25) is 0 Å². The first-order valence-electron chi connectivity index (χ1n) is 5.08. The Kier molecular flexibility index (Phi) is 3.72. The monoisotopic (exact) mass is 196 g/mol. The van der Waals surface area contributed by atoms with Crippen molar-refractivity contribution in [3.8, 4) is 0 Å². The molecule has 0 amide bonds. The first-order valence-corrected chi connectivity index (χ1v) is 5.08. The smallest absolute Gasteiger partial charge is 0.0813 e. The van der Waals surface area contributed by atoms with Gasteiger partial charge in [0.2, 0.25) is 0 Å². The maximum atomic E-state index is 5.44. The third-order valence-corrected chi connectivity index (χ3v) is 1.90. The van der Waals surface area contributed by atoms with Crippen LogP contribution in [0, 0.1) is 0 Å². The van der Waals surface area contributed by atoms with E-state index in [2.05, 4.69) is 35.3 Å². The molecule has 0 aliphatic rings. The minimum Gasteiger partial charge on any atom is -0.350 e. The topological polar surface area (TPSA) is 26.2 Å². The van der Waals surface area contributed by atoms with Crippen LogP contribution in [-0.4, -0.2) is 10.2 Å². The molecule has 1 aromatic rings. The van der Waals surface area contributed by atoms with Crippen LogP contribution in [0.5, 0.6) is 0 Å². The Morgan fingerprint density at radius 1 is 1.43 bits per heavy atom. The molecule has 0 aromatic carbocycles. The molecule has 0 saturated carbocycles. The molecule has 0 aliphatic carbocycles. The number of nitrogens with one attached hydrogen (secondary N) is 1. The molecule has 1 aromatic heterocycles. The molecule has 0 saturated heterocycles. The molecule has 0 fully saturated rings. The van der Waals surface area contributed by atoms with Gasteiger partial charge in [-0.15, -0.1) is 0 Å². The van der Waals surface area contributed by atoms with Gasteiger partial charge in [-0.3, -0.25) is 4.84 Å². The number of rotatable bonds is 4. The maximum absolute atomic E-state index is 5.44. The number of hydrogen-bond donors (Lipinski definition) is 1. The van der Waals surface area contributed by atoms with Crippen molar-refractivity contribution in [2.45, 2.75) is 46.4 Å². The lowest BCUT2D eigenvalue weighted by molar-refractivity contribution is -0.0764. The van der Waals surface area contributed by atoms with Gasteiger partial charge in [-0.2, -0.15) is 5.48 Å². The van der Waals surface area contributed by atoms with E-state index in [0.29, 0.717) is 0 Å². The molecule has 0 bridgehead atoms. The van der Waals surface area contributed by atoms with Crippen molar-refractivity contribution in [3.63, 3.8) is 0 Å². The summed E-state index contributed by atoms with van der Waals surface area (Å²) in [7, 11) is 0. The highest BCUT2D eigenvalue weighted by atomic mass is 16.7. The van der Waals surface area contributed by atoms with E-state index in [0.717, 1.165) is 13.1 Å². The van der Waals surface area contributed by atoms with E-state index in [1.165, 1.54) is 5.69 Å². The van der Waals surface area contributed by atoms with Crippen LogP contribution in [0.4, 0.5) is 0 Å². The van der Waals surface area contributed by atoms with Gasteiger partial charge in [-0.05, 0) is 39.8 Å². The zero-order valence-electron chi connectivity index (χ0n) is 9.50. The molecule has 14 heavy (non-hydrogen) atoms. The normalized spacial score (nSPS) is 12.0. The molecule has 1 N–H and O–H groups in total. The molecule has 0 unspecified atom stereocenters. The summed E-state index contributed by atoms with van der Waals surface area (Å²) in [6, 6.07) is 4.15. The second kappa shape index (κ2) is 4.62. The van der Waals surface area contributed by atoms with Gasteiger partial charge in [0, 0.05) is 18.4 Å². The summed E-state index contributed by atoms with van der Waals surface area (Å²) in [6.45, 7) is 9.96. The van der Waals surface area contributed by atoms with Gasteiger partial charge >= 0.3 is 0 Å². The maximum Gasteiger partial charge on any atom is 0.0813 e. The van der Waals surface area contributed by atoms with Crippen molar-refractivity contribution < 1.29 is 4.84 Å². The average molecular weight is 196 g/mol. The van der Waals surface area contributed by atoms with E-state index in [1.54, 1.807) is 0 Å². The fraction of sp³-hybridized carbons (Fsp3) is 0.636. The molecule has 1 heterocycles. The summed E-state index contributed by atoms with van der Waals surface area (Å²) in [6.07, 6.45) is 2.08. The Morgan fingerprint density at radius 3 is 2.71 bits per heavy atom. The molecule has 3 heteroatoms. The first-order chi connectivity index (χ1) is 6.53. The van der Waals surface area contributed by atoms with Crippen LogP contribution < -0.4 is 5.48 Å². The summed E-state index contributed by atoms with van der Waals surface area (Å²) < 4.78 is 2.19. The SMILES string of the molecule is CCn1cccc1CNOC(C)(C)C. The van der Waals surface area contributed by atoms with E-state index in [9.17, 15) is 0 Å². The second-order valence-corrected chi connectivity index (χ2v) is 4.32. The lowest BCUT2D eigenvalue weighted by Gasteiger charge is -2.19. The molecule has 80 valence electrons. The van der Waals surface area contributed by atoms with Crippen LogP contribution >= 0.6 is 0 Å². The Labute approximate surface area is 86.0 Å². The summed E-state index contributed by atoms with van der Waals surface area (Å²) in [4.78, 5) is 5.44. The van der Waals surface area contributed by atoms with Crippen LogP contribution in [0.15, 0.2) is 18.3 Å². The second-order valence-electron chi connectivity index (χ2n) is 4.32. The predicted molar refractivity (Wildman–Crippen MR) is 57.8 cm³/mol. The first kappa shape index (κ1) is 11.3. The van der Waals surface area contributed by atoms with Crippen molar-refractivity contribution in [1.82, 2.24) is 10.0 Å². The highest BCUT2D eigenvalue weighted by Crippen LogP contribution is 2.06. The summed E-state index contributed by atoms with van der Waals surface area (Å²) in [5.41, 5.74) is 4.09. The molecule has 0 atom stereocenters. The zero-order chi connectivity index (χ0) is 10.6. The zero-order valence-corrected chi connectivity index (χ0v) is 9.50. The van der Waals surface area contributed by atoms with E-state index >= 15 is 0 Å². The van der Waals surface area contributed by atoms with E-state index in [1.807, 2.05) is 20.8 Å². The molecule has 0 aliphatic heterocycles. The van der Waals surface area contributed by atoms with Crippen LogP contribution in [0.25, 0.3) is 0 Å². The predicted octanol–water partition coefficient (Wildman–Crippen LogP) is 2.33. The minimum absolute atomic E-state index is 0.135. The molecule has 0 spiro atoms. The Bertz CT molecular complexity index is 273. The van der Waals surface area contributed by atoms with Crippen LogP contribution in [-0.2, 0) is 17.9 Å².